The second-order valence-electron chi connectivity index (χ2n) is 5.59. The van der Waals surface area contributed by atoms with E-state index in [0.717, 1.165) is 6.07 Å². The predicted octanol–water partition coefficient (Wildman–Crippen LogP) is 2.79. The first kappa shape index (κ1) is 17.7. The summed E-state index contributed by atoms with van der Waals surface area (Å²) in [5.41, 5.74) is -4.63. The summed E-state index contributed by atoms with van der Waals surface area (Å²) in [5.74, 6) is -0.498. The minimum Gasteiger partial charge on any atom is -0.497 e. The van der Waals surface area contributed by atoms with Crippen LogP contribution in [0.3, 0.4) is 0 Å². The van der Waals surface area contributed by atoms with Crippen molar-refractivity contribution in [3.05, 3.63) is 29.6 Å². The summed E-state index contributed by atoms with van der Waals surface area (Å²) in [4.78, 5) is 0. The number of rotatable bonds is 5. The molecule has 0 amide bonds. The molecular formula is C14H18F4O3. The van der Waals surface area contributed by atoms with Gasteiger partial charge < -0.3 is 14.9 Å². The molecule has 1 unspecified atom stereocenters. The van der Waals surface area contributed by atoms with Gasteiger partial charge in [0.15, 0.2) is 5.60 Å². The van der Waals surface area contributed by atoms with Gasteiger partial charge in [0.05, 0.1) is 13.7 Å². The molecule has 1 aromatic rings. The van der Waals surface area contributed by atoms with Gasteiger partial charge in [-0.05, 0) is 23.5 Å². The molecule has 120 valence electrons. The van der Waals surface area contributed by atoms with Gasteiger partial charge in [0.2, 0.25) is 0 Å². The van der Waals surface area contributed by atoms with Crippen molar-refractivity contribution < 1.29 is 32.5 Å². The largest absolute Gasteiger partial charge is 0.497 e. The van der Waals surface area contributed by atoms with E-state index >= 15 is 0 Å². The van der Waals surface area contributed by atoms with Gasteiger partial charge in [0.25, 0.3) is 0 Å². The number of alkyl halides is 3. The predicted molar refractivity (Wildman–Crippen MR) is 68.7 cm³/mol. The van der Waals surface area contributed by atoms with Gasteiger partial charge in [-0.3, -0.25) is 0 Å². The van der Waals surface area contributed by atoms with E-state index in [-0.39, 0.29) is 11.3 Å². The number of aliphatic hydroxyl groups excluding tert-OH is 1. The number of hydrogen-bond donors (Lipinski definition) is 2. The van der Waals surface area contributed by atoms with Crippen molar-refractivity contribution in [3.63, 3.8) is 0 Å². The van der Waals surface area contributed by atoms with Crippen molar-refractivity contribution >= 4 is 0 Å². The Morgan fingerprint density at radius 1 is 1.19 bits per heavy atom. The average molecular weight is 310 g/mol. The number of benzene rings is 1. The normalized spacial score (nSPS) is 15.7. The van der Waals surface area contributed by atoms with Crippen molar-refractivity contribution in [1.29, 1.82) is 0 Å². The molecule has 0 bridgehead atoms. The molecular weight excluding hydrogens is 292 g/mol. The Hall–Kier alpha value is -1.34. The molecule has 0 fully saturated rings. The number of hydrogen-bond acceptors (Lipinski definition) is 3. The maximum atomic E-state index is 14.0. The molecule has 0 aliphatic rings. The van der Waals surface area contributed by atoms with Crippen molar-refractivity contribution in [2.75, 3.05) is 13.7 Å². The lowest BCUT2D eigenvalue weighted by atomic mass is 9.75. The van der Waals surface area contributed by atoms with E-state index in [0.29, 0.717) is 0 Å². The van der Waals surface area contributed by atoms with Crippen molar-refractivity contribution in [3.8, 4) is 5.75 Å². The van der Waals surface area contributed by atoms with Crippen LogP contribution in [0.25, 0.3) is 0 Å². The van der Waals surface area contributed by atoms with Crippen LogP contribution in [0.2, 0.25) is 0 Å². The molecule has 0 heterocycles. The fourth-order valence-corrected chi connectivity index (χ4v) is 2.24. The van der Waals surface area contributed by atoms with Crippen LogP contribution in [0.15, 0.2) is 18.2 Å². The Morgan fingerprint density at radius 3 is 2.14 bits per heavy atom. The quantitative estimate of drug-likeness (QED) is 0.822. The lowest BCUT2D eigenvalue weighted by Crippen LogP contribution is -2.52. The monoisotopic (exact) mass is 310 g/mol. The molecule has 3 nitrogen and oxygen atoms in total. The van der Waals surface area contributed by atoms with Crippen LogP contribution in [0.4, 0.5) is 17.6 Å². The minimum atomic E-state index is -5.01. The van der Waals surface area contributed by atoms with Crippen molar-refractivity contribution in [2.45, 2.75) is 37.5 Å². The third-order valence-corrected chi connectivity index (χ3v) is 3.43. The summed E-state index contributed by atoms with van der Waals surface area (Å²) in [6.07, 6.45) is -5.88. The van der Waals surface area contributed by atoms with E-state index < -0.39 is 36.0 Å². The summed E-state index contributed by atoms with van der Waals surface area (Å²) in [5, 5.41) is 18.5. The van der Waals surface area contributed by atoms with Gasteiger partial charge in [-0.15, -0.1) is 0 Å². The third kappa shape index (κ3) is 3.65. The van der Waals surface area contributed by atoms with Crippen molar-refractivity contribution in [1.82, 2.24) is 0 Å². The molecule has 1 atom stereocenters. The molecule has 1 aromatic carbocycles. The Labute approximate surface area is 120 Å². The van der Waals surface area contributed by atoms with Gasteiger partial charge in [-0.1, -0.05) is 19.9 Å². The molecule has 0 aliphatic heterocycles. The van der Waals surface area contributed by atoms with Crippen LogP contribution in [-0.4, -0.2) is 35.7 Å². The van der Waals surface area contributed by atoms with Crippen LogP contribution in [0, 0.1) is 5.82 Å². The fourth-order valence-electron chi connectivity index (χ4n) is 2.24. The standard InChI is InChI=1S/C14H18F4O3/c1-12(2,7-13(20,8-19)14(16,17)18)10-5-4-9(21-3)6-11(10)15/h4-6,19-20H,7-8H2,1-3H3. The maximum Gasteiger partial charge on any atom is 0.419 e. The van der Waals surface area contributed by atoms with Crippen LogP contribution < -0.4 is 4.74 Å². The van der Waals surface area contributed by atoms with Gasteiger partial charge in [0, 0.05) is 6.07 Å². The first-order chi connectivity index (χ1) is 9.47. The van der Waals surface area contributed by atoms with Crippen LogP contribution >= 0.6 is 0 Å². The topological polar surface area (TPSA) is 49.7 Å². The zero-order chi connectivity index (χ0) is 16.5. The second kappa shape index (κ2) is 5.81. The second-order valence-corrected chi connectivity index (χ2v) is 5.59. The van der Waals surface area contributed by atoms with Crippen LogP contribution in [0.1, 0.15) is 25.8 Å². The molecule has 0 saturated carbocycles. The van der Waals surface area contributed by atoms with E-state index in [4.69, 9.17) is 9.84 Å². The molecule has 1 rings (SSSR count). The summed E-state index contributed by atoms with van der Waals surface area (Å²) in [6.45, 7) is 1.24. The van der Waals surface area contributed by atoms with E-state index in [1.165, 1.54) is 33.1 Å². The average Bonchev–Trinajstić information content (AvgIpc) is 2.36. The highest BCUT2D eigenvalue weighted by molar-refractivity contribution is 5.33. The lowest BCUT2D eigenvalue weighted by molar-refractivity contribution is -0.277. The molecule has 7 heteroatoms. The zero-order valence-corrected chi connectivity index (χ0v) is 12.0. The Kier molecular flexibility index (Phi) is 4.90. The summed E-state index contributed by atoms with van der Waals surface area (Å²) >= 11 is 0. The third-order valence-electron chi connectivity index (χ3n) is 3.43. The zero-order valence-electron chi connectivity index (χ0n) is 12.0. The number of halogens is 4. The van der Waals surface area contributed by atoms with Crippen LogP contribution in [0.5, 0.6) is 5.75 Å². The van der Waals surface area contributed by atoms with Gasteiger partial charge >= 0.3 is 6.18 Å². The molecule has 0 aliphatic carbocycles. The lowest BCUT2D eigenvalue weighted by Gasteiger charge is -2.36. The van der Waals surface area contributed by atoms with Crippen LogP contribution in [-0.2, 0) is 5.41 Å². The number of aliphatic hydroxyl groups is 2. The van der Waals surface area contributed by atoms with Gasteiger partial charge in [-0.25, -0.2) is 4.39 Å². The van der Waals surface area contributed by atoms with Gasteiger partial charge in [-0.2, -0.15) is 13.2 Å². The highest BCUT2D eigenvalue weighted by atomic mass is 19.4. The molecule has 21 heavy (non-hydrogen) atoms. The molecule has 0 spiro atoms. The summed E-state index contributed by atoms with van der Waals surface area (Å²) in [6, 6.07) is 3.79. The number of methoxy groups -OCH3 is 1. The maximum absolute atomic E-state index is 14.0. The molecule has 2 N–H and O–H groups in total. The number of ether oxygens (including phenoxy) is 1. The minimum absolute atomic E-state index is 0.000532. The summed E-state index contributed by atoms with van der Waals surface area (Å²) in [7, 11) is 1.34. The Balaban J connectivity index is 3.17. The van der Waals surface area contributed by atoms with E-state index in [1.54, 1.807) is 0 Å². The molecule has 0 radical (unpaired) electrons. The SMILES string of the molecule is COc1ccc(C(C)(C)CC(O)(CO)C(F)(F)F)c(F)c1. The van der Waals surface area contributed by atoms with E-state index in [2.05, 4.69) is 0 Å². The molecule has 0 aromatic heterocycles. The first-order valence-electron chi connectivity index (χ1n) is 6.21. The highest BCUT2D eigenvalue weighted by Gasteiger charge is 2.55. The van der Waals surface area contributed by atoms with Gasteiger partial charge in [0.1, 0.15) is 11.6 Å². The van der Waals surface area contributed by atoms with Crippen molar-refractivity contribution in [2.24, 2.45) is 0 Å². The highest BCUT2D eigenvalue weighted by Crippen LogP contribution is 2.41. The van der Waals surface area contributed by atoms with E-state index in [9.17, 15) is 22.7 Å². The fraction of sp³-hybridized carbons (Fsp3) is 0.571. The Bertz CT molecular complexity index is 499. The summed E-state index contributed by atoms with van der Waals surface area (Å²) < 4.78 is 57.4. The molecule has 0 saturated heterocycles. The Morgan fingerprint density at radius 2 is 1.76 bits per heavy atom. The van der Waals surface area contributed by atoms with E-state index in [1.807, 2.05) is 0 Å². The first-order valence-corrected chi connectivity index (χ1v) is 6.21. The smallest absolute Gasteiger partial charge is 0.419 e.